The molecule has 35 heavy (non-hydrogen) atoms. The number of anilines is 2. The van der Waals surface area contributed by atoms with Crippen LogP contribution in [-0.4, -0.2) is 33.2 Å². The SMILES string of the molecule is Cc1ccc(NCc2nnc(SCCC(=O)Nc3ccc4c(c3)OCO4)n2-c2ccccc2)cc1. The minimum atomic E-state index is -0.0802. The first-order chi connectivity index (χ1) is 17.2. The van der Waals surface area contributed by atoms with Crippen LogP contribution < -0.4 is 20.1 Å². The second-order valence-electron chi connectivity index (χ2n) is 8.00. The molecule has 0 aliphatic carbocycles. The lowest BCUT2D eigenvalue weighted by atomic mass is 10.2. The maximum Gasteiger partial charge on any atom is 0.231 e. The number of benzene rings is 3. The lowest BCUT2D eigenvalue weighted by molar-refractivity contribution is -0.115. The largest absolute Gasteiger partial charge is 0.454 e. The van der Waals surface area contributed by atoms with Crippen molar-refractivity contribution in [2.75, 3.05) is 23.2 Å². The van der Waals surface area contributed by atoms with Crippen molar-refractivity contribution in [1.82, 2.24) is 14.8 Å². The summed E-state index contributed by atoms with van der Waals surface area (Å²) in [5.41, 5.74) is 3.89. The molecule has 1 aliphatic rings. The van der Waals surface area contributed by atoms with Gasteiger partial charge in [0.15, 0.2) is 22.5 Å². The molecule has 8 nitrogen and oxygen atoms in total. The van der Waals surface area contributed by atoms with Gasteiger partial charge in [0.05, 0.1) is 6.54 Å². The standard InChI is InChI=1S/C26H25N5O3S/c1-18-7-9-19(10-8-18)27-16-24-29-30-26(31(24)21-5-3-2-4-6-21)35-14-13-25(32)28-20-11-12-22-23(15-20)34-17-33-22/h2-12,15,27H,13-14,16-17H2,1H3,(H,28,32). The number of aryl methyl sites for hydroxylation is 1. The van der Waals surface area contributed by atoms with Crippen LogP contribution in [-0.2, 0) is 11.3 Å². The second-order valence-corrected chi connectivity index (χ2v) is 9.07. The van der Waals surface area contributed by atoms with Gasteiger partial charge in [0.2, 0.25) is 12.7 Å². The van der Waals surface area contributed by atoms with Crippen LogP contribution in [0.4, 0.5) is 11.4 Å². The number of ether oxygens (including phenoxy) is 2. The molecule has 0 unspecified atom stereocenters. The number of rotatable bonds is 9. The summed E-state index contributed by atoms with van der Waals surface area (Å²) in [6, 6.07) is 23.6. The van der Waals surface area contributed by atoms with Crippen molar-refractivity contribution < 1.29 is 14.3 Å². The Kier molecular flexibility index (Phi) is 6.85. The van der Waals surface area contributed by atoms with E-state index in [0.717, 1.165) is 22.4 Å². The highest BCUT2D eigenvalue weighted by atomic mass is 32.2. The average molecular weight is 488 g/mol. The predicted octanol–water partition coefficient (Wildman–Crippen LogP) is 5.04. The summed E-state index contributed by atoms with van der Waals surface area (Å²) < 4.78 is 12.7. The third kappa shape index (κ3) is 5.58. The Morgan fingerprint density at radius 3 is 2.57 bits per heavy atom. The van der Waals surface area contributed by atoms with E-state index in [1.807, 2.05) is 47.0 Å². The number of nitrogens with one attached hydrogen (secondary N) is 2. The van der Waals surface area contributed by atoms with Crippen LogP contribution in [0.5, 0.6) is 11.5 Å². The number of hydrogen-bond donors (Lipinski definition) is 2. The molecule has 4 aromatic rings. The number of aromatic nitrogens is 3. The number of amides is 1. The minimum absolute atomic E-state index is 0.0802. The molecule has 178 valence electrons. The van der Waals surface area contributed by atoms with Crippen LogP contribution in [0.15, 0.2) is 78.0 Å². The molecule has 2 heterocycles. The van der Waals surface area contributed by atoms with Crippen molar-refractivity contribution in [3.8, 4) is 17.2 Å². The predicted molar refractivity (Wildman–Crippen MR) is 136 cm³/mol. The number of thioether (sulfide) groups is 1. The number of carbonyl (C=O) groups excluding carboxylic acids is 1. The van der Waals surface area contributed by atoms with Crippen LogP contribution in [0.2, 0.25) is 0 Å². The highest BCUT2D eigenvalue weighted by Crippen LogP contribution is 2.34. The molecule has 5 rings (SSSR count). The minimum Gasteiger partial charge on any atom is -0.454 e. The number of para-hydroxylation sites is 1. The number of fused-ring (bicyclic) bond motifs is 1. The first-order valence-electron chi connectivity index (χ1n) is 11.3. The van der Waals surface area contributed by atoms with Gasteiger partial charge < -0.3 is 20.1 Å². The highest BCUT2D eigenvalue weighted by Gasteiger charge is 2.16. The molecule has 1 aromatic heterocycles. The summed E-state index contributed by atoms with van der Waals surface area (Å²) in [6.07, 6.45) is 0.331. The molecule has 3 aromatic carbocycles. The van der Waals surface area contributed by atoms with Crippen molar-refractivity contribution in [1.29, 1.82) is 0 Å². The van der Waals surface area contributed by atoms with Gasteiger partial charge >= 0.3 is 0 Å². The zero-order valence-electron chi connectivity index (χ0n) is 19.2. The van der Waals surface area contributed by atoms with E-state index in [2.05, 4.69) is 39.9 Å². The fraction of sp³-hybridized carbons (Fsp3) is 0.192. The lowest BCUT2D eigenvalue weighted by Gasteiger charge is -2.11. The van der Waals surface area contributed by atoms with E-state index in [0.29, 0.717) is 35.9 Å². The van der Waals surface area contributed by atoms with Crippen LogP contribution in [0.25, 0.3) is 5.69 Å². The van der Waals surface area contributed by atoms with Crippen LogP contribution in [0.1, 0.15) is 17.8 Å². The summed E-state index contributed by atoms with van der Waals surface area (Å²) in [5, 5.41) is 15.9. The molecule has 0 saturated carbocycles. The van der Waals surface area contributed by atoms with Crippen LogP contribution >= 0.6 is 11.8 Å². The summed E-state index contributed by atoms with van der Waals surface area (Å²) in [7, 11) is 0. The molecule has 0 saturated heterocycles. The average Bonchev–Trinajstić information content (AvgIpc) is 3.51. The van der Waals surface area contributed by atoms with Gasteiger partial charge in [0.1, 0.15) is 0 Å². The Labute approximate surface area is 207 Å². The van der Waals surface area contributed by atoms with Gasteiger partial charge in [-0.25, -0.2) is 0 Å². The van der Waals surface area contributed by atoms with E-state index in [4.69, 9.17) is 9.47 Å². The molecule has 0 atom stereocenters. The normalized spacial score (nSPS) is 11.9. The zero-order chi connectivity index (χ0) is 24.0. The Balaban J connectivity index is 1.23. The third-order valence-electron chi connectivity index (χ3n) is 5.43. The molecule has 1 aliphatic heterocycles. The quantitative estimate of drug-likeness (QED) is 0.320. The van der Waals surface area contributed by atoms with Crippen molar-refractivity contribution in [3.05, 3.63) is 84.2 Å². The Morgan fingerprint density at radius 2 is 1.74 bits per heavy atom. The molecule has 0 spiro atoms. The van der Waals surface area contributed by atoms with Gasteiger partial charge in [-0.2, -0.15) is 0 Å². The van der Waals surface area contributed by atoms with Crippen molar-refractivity contribution in [3.63, 3.8) is 0 Å². The molecular weight excluding hydrogens is 462 g/mol. The molecule has 0 bridgehead atoms. The zero-order valence-corrected chi connectivity index (χ0v) is 20.0. The molecular formula is C26H25N5O3S. The van der Waals surface area contributed by atoms with Crippen molar-refractivity contribution in [2.45, 2.75) is 25.0 Å². The van der Waals surface area contributed by atoms with E-state index in [1.165, 1.54) is 17.3 Å². The second kappa shape index (κ2) is 10.5. The van der Waals surface area contributed by atoms with E-state index >= 15 is 0 Å². The van der Waals surface area contributed by atoms with E-state index in [-0.39, 0.29) is 12.7 Å². The van der Waals surface area contributed by atoms with Gasteiger partial charge in [-0.1, -0.05) is 47.7 Å². The van der Waals surface area contributed by atoms with E-state index in [1.54, 1.807) is 18.2 Å². The van der Waals surface area contributed by atoms with Gasteiger partial charge in [0, 0.05) is 35.3 Å². The smallest absolute Gasteiger partial charge is 0.231 e. The summed E-state index contributed by atoms with van der Waals surface area (Å²) in [6.45, 7) is 2.79. The molecule has 2 N–H and O–H groups in total. The lowest BCUT2D eigenvalue weighted by Crippen LogP contribution is -2.12. The monoisotopic (exact) mass is 487 g/mol. The topological polar surface area (TPSA) is 90.3 Å². The fourth-order valence-corrected chi connectivity index (χ4v) is 4.54. The maximum atomic E-state index is 12.5. The highest BCUT2D eigenvalue weighted by molar-refractivity contribution is 7.99. The Morgan fingerprint density at radius 1 is 0.971 bits per heavy atom. The fourth-order valence-electron chi connectivity index (χ4n) is 3.63. The Bertz CT molecular complexity index is 1310. The summed E-state index contributed by atoms with van der Waals surface area (Å²) in [4.78, 5) is 12.5. The first kappa shape index (κ1) is 22.8. The van der Waals surface area contributed by atoms with Gasteiger partial charge in [-0.15, -0.1) is 10.2 Å². The van der Waals surface area contributed by atoms with Crippen LogP contribution in [0.3, 0.4) is 0 Å². The van der Waals surface area contributed by atoms with Gasteiger partial charge in [-0.3, -0.25) is 9.36 Å². The van der Waals surface area contributed by atoms with Gasteiger partial charge in [-0.05, 0) is 43.3 Å². The number of hydrogen-bond acceptors (Lipinski definition) is 7. The van der Waals surface area contributed by atoms with E-state index < -0.39 is 0 Å². The molecule has 0 fully saturated rings. The molecule has 1 amide bonds. The third-order valence-corrected chi connectivity index (χ3v) is 6.36. The van der Waals surface area contributed by atoms with Gasteiger partial charge in [0.25, 0.3) is 0 Å². The molecule has 0 radical (unpaired) electrons. The Hall–Kier alpha value is -3.98. The maximum absolute atomic E-state index is 12.5. The summed E-state index contributed by atoms with van der Waals surface area (Å²) >= 11 is 1.50. The molecule has 9 heteroatoms. The van der Waals surface area contributed by atoms with Crippen molar-refractivity contribution in [2.24, 2.45) is 0 Å². The van der Waals surface area contributed by atoms with E-state index in [9.17, 15) is 4.79 Å². The number of carbonyl (C=O) groups is 1. The summed E-state index contributed by atoms with van der Waals surface area (Å²) in [5.74, 6) is 2.60. The number of nitrogens with zero attached hydrogens (tertiary/aromatic N) is 3. The first-order valence-corrected chi connectivity index (χ1v) is 12.3. The van der Waals surface area contributed by atoms with Crippen LogP contribution in [0, 0.1) is 6.92 Å². The van der Waals surface area contributed by atoms with Crippen molar-refractivity contribution >= 4 is 29.0 Å².